The topological polar surface area (TPSA) is 69.7 Å². The summed E-state index contributed by atoms with van der Waals surface area (Å²) in [6, 6.07) is 18.1. The molecule has 2 saturated heterocycles. The molecule has 4 rings (SSSR count). The molecule has 2 aliphatic heterocycles. The molecule has 0 aliphatic carbocycles. The minimum atomic E-state index is -3.34. The van der Waals surface area contributed by atoms with Gasteiger partial charge in [-0.3, -0.25) is 0 Å². The Kier molecular flexibility index (Phi) is 6.11. The van der Waals surface area contributed by atoms with Gasteiger partial charge in [-0.25, -0.2) is 17.9 Å². The van der Waals surface area contributed by atoms with Crippen LogP contribution in [0, 0.1) is 0 Å². The van der Waals surface area contributed by atoms with Gasteiger partial charge in [0.1, 0.15) is 0 Å². The zero-order chi connectivity index (χ0) is 21.1. The molecule has 0 radical (unpaired) electrons. The highest BCUT2D eigenvalue weighted by Crippen LogP contribution is 2.27. The number of likely N-dealkylation sites (tertiary alicyclic amines) is 2. The smallest absolute Gasteiger partial charge is 0.320 e. The second-order valence-corrected chi connectivity index (χ2v) is 10.1. The minimum absolute atomic E-state index is 0.0312. The number of sulfonamides is 1. The van der Waals surface area contributed by atoms with Gasteiger partial charge in [-0.15, -0.1) is 0 Å². The Labute approximate surface area is 178 Å². The van der Waals surface area contributed by atoms with Gasteiger partial charge in [0.15, 0.2) is 0 Å². The van der Waals surface area contributed by atoms with Gasteiger partial charge in [0.25, 0.3) is 0 Å². The van der Waals surface area contributed by atoms with E-state index in [1.165, 1.54) is 0 Å². The van der Waals surface area contributed by atoms with Crippen molar-refractivity contribution >= 4 is 16.1 Å². The van der Waals surface area contributed by atoms with Crippen LogP contribution in [0.3, 0.4) is 0 Å². The quantitative estimate of drug-likeness (QED) is 0.770. The summed E-state index contributed by atoms with van der Waals surface area (Å²) in [7, 11) is -3.34. The zero-order valence-corrected chi connectivity index (χ0v) is 18.1. The van der Waals surface area contributed by atoms with Crippen LogP contribution in [0.5, 0.6) is 0 Å². The molecule has 0 unspecified atom stereocenters. The van der Waals surface area contributed by atoms with Gasteiger partial charge in [-0.2, -0.15) is 0 Å². The van der Waals surface area contributed by atoms with E-state index in [0.29, 0.717) is 19.4 Å². The third-order valence-corrected chi connectivity index (χ3v) is 7.53. The summed E-state index contributed by atoms with van der Waals surface area (Å²) in [5.41, 5.74) is 3.37. The van der Waals surface area contributed by atoms with Crippen LogP contribution in [0.25, 0.3) is 11.1 Å². The van der Waals surface area contributed by atoms with Gasteiger partial charge in [0.2, 0.25) is 10.0 Å². The third-order valence-electron chi connectivity index (χ3n) is 6.11. The monoisotopic (exact) mass is 427 g/mol. The molecule has 6 nitrogen and oxygen atoms in total. The summed E-state index contributed by atoms with van der Waals surface area (Å²) >= 11 is 0. The Balaban J connectivity index is 1.59. The van der Waals surface area contributed by atoms with Crippen molar-refractivity contribution < 1.29 is 13.2 Å². The lowest BCUT2D eigenvalue weighted by Crippen LogP contribution is -2.54. The molecule has 160 valence electrons. The molecule has 0 aromatic heterocycles. The van der Waals surface area contributed by atoms with Crippen molar-refractivity contribution in [3.05, 3.63) is 60.2 Å². The van der Waals surface area contributed by atoms with Crippen LogP contribution in [-0.2, 0) is 16.4 Å². The van der Waals surface area contributed by atoms with Crippen LogP contribution in [0.4, 0.5) is 4.79 Å². The van der Waals surface area contributed by atoms with E-state index in [1.54, 1.807) is 6.92 Å². The number of carbonyl (C=O) groups is 1. The number of benzene rings is 2. The summed E-state index contributed by atoms with van der Waals surface area (Å²) in [6.45, 7) is 3.79. The average molecular weight is 428 g/mol. The predicted molar refractivity (Wildman–Crippen MR) is 119 cm³/mol. The highest BCUT2D eigenvalue weighted by atomic mass is 32.2. The average Bonchev–Trinajstić information content (AvgIpc) is 3.09. The first kappa shape index (κ1) is 20.9. The van der Waals surface area contributed by atoms with Crippen molar-refractivity contribution in [3.63, 3.8) is 0 Å². The van der Waals surface area contributed by atoms with E-state index in [0.717, 1.165) is 36.2 Å². The first-order valence-corrected chi connectivity index (χ1v) is 12.3. The van der Waals surface area contributed by atoms with E-state index in [9.17, 15) is 13.2 Å². The summed E-state index contributed by atoms with van der Waals surface area (Å²) in [5.74, 6) is 0.0415. The van der Waals surface area contributed by atoms with E-state index < -0.39 is 10.0 Å². The lowest BCUT2D eigenvalue weighted by molar-refractivity contribution is 0.120. The molecule has 0 spiro atoms. The Hall–Kier alpha value is -2.38. The highest BCUT2D eigenvalue weighted by Gasteiger charge is 2.41. The summed E-state index contributed by atoms with van der Waals surface area (Å²) in [6.07, 6.45) is 2.30. The number of hydrogen-bond acceptors (Lipinski definition) is 3. The van der Waals surface area contributed by atoms with Gasteiger partial charge in [-0.05, 0) is 42.9 Å². The second kappa shape index (κ2) is 8.78. The fraction of sp³-hybridized carbons (Fsp3) is 0.435. The normalized spacial score (nSPS) is 21.5. The molecule has 2 aromatic carbocycles. The van der Waals surface area contributed by atoms with E-state index in [-0.39, 0.29) is 23.9 Å². The van der Waals surface area contributed by atoms with E-state index in [4.69, 9.17) is 0 Å². The number of rotatable bonds is 6. The fourth-order valence-electron chi connectivity index (χ4n) is 4.23. The van der Waals surface area contributed by atoms with Crippen LogP contribution in [0.1, 0.15) is 25.3 Å². The minimum Gasteiger partial charge on any atom is -0.325 e. The third kappa shape index (κ3) is 4.52. The zero-order valence-electron chi connectivity index (χ0n) is 17.3. The van der Waals surface area contributed by atoms with E-state index in [2.05, 4.69) is 35.1 Å². The van der Waals surface area contributed by atoms with Gasteiger partial charge in [0.05, 0.1) is 11.8 Å². The molecular formula is C23H29N3O3S. The number of amides is 2. The maximum Gasteiger partial charge on any atom is 0.320 e. The molecule has 30 heavy (non-hydrogen) atoms. The molecule has 2 aromatic rings. The molecule has 2 fully saturated rings. The molecule has 7 heteroatoms. The number of nitrogens with zero attached hydrogens (tertiary/aromatic N) is 2. The van der Waals surface area contributed by atoms with Crippen molar-refractivity contribution in [2.75, 3.05) is 25.4 Å². The van der Waals surface area contributed by atoms with Crippen LogP contribution >= 0.6 is 0 Å². The number of urea groups is 1. The Morgan fingerprint density at radius 2 is 1.77 bits per heavy atom. The molecule has 2 aliphatic rings. The molecule has 0 bridgehead atoms. The highest BCUT2D eigenvalue weighted by molar-refractivity contribution is 7.89. The molecule has 1 N–H and O–H groups in total. The van der Waals surface area contributed by atoms with Gasteiger partial charge >= 0.3 is 6.03 Å². The van der Waals surface area contributed by atoms with E-state index in [1.807, 2.05) is 34.1 Å². The number of hydrogen-bond donors (Lipinski definition) is 1. The van der Waals surface area contributed by atoms with Crippen molar-refractivity contribution in [1.82, 2.24) is 14.5 Å². The molecule has 0 saturated carbocycles. The SMILES string of the molecule is CCS(=O)(=O)N[C@H]1CCN(C(=O)N2CCC2)[C@H]1Cc1cccc(-c2ccccc2)c1. The number of carbonyl (C=O) groups excluding carboxylic acids is 1. The van der Waals surface area contributed by atoms with Crippen molar-refractivity contribution in [1.29, 1.82) is 0 Å². The first-order chi connectivity index (χ1) is 14.5. The standard InChI is InChI=1S/C23H29N3O3S/c1-2-30(28,29)24-21-12-15-26(23(27)25-13-7-14-25)22(21)17-18-8-6-11-20(16-18)19-9-4-3-5-10-19/h3-6,8-11,16,21-22,24H,2,7,12-15,17H2,1H3/t21-,22-/m0/s1. The van der Waals surface area contributed by atoms with Crippen LogP contribution < -0.4 is 4.72 Å². The van der Waals surface area contributed by atoms with Gasteiger partial charge in [-0.1, -0.05) is 54.6 Å². The molecule has 2 amide bonds. The first-order valence-electron chi connectivity index (χ1n) is 10.7. The Morgan fingerprint density at radius 3 is 2.43 bits per heavy atom. The Bertz CT molecular complexity index is 990. The molecule has 2 atom stereocenters. The molecule has 2 heterocycles. The maximum atomic E-state index is 13.0. The van der Waals surface area contributed by atoms with Crippen molar-refractivity contribution in [2.24, 2.45) is 0 Å². The lowest BCUT2D eigenvalue weighted by Gasteiger charge is -2.38. The maximum absolute atomic E-state index is 13.0. The Morgan fingerprint density at radius 1 is 1.03 bits per heavy atom. The number of nitrogens with one attached hydrogen (secondary N) is 1. The fourth-order valence-corrected chi connectivity index (χ4v) is 5.14. The van der Waals surface area contributed by atoms with Crippen molar-refractivity contribution in [3.8, 4) is 11.1 Å². The summed E-state index contributed by atoms with van der Waals surface area (Å²) in [5, 5.41) is 0. The lowest BCUT2D eigenvalue weighted by atomic mass is 9.97. The van der Waals surface area contributed by atoms with Crippen LogP contribution in [0.15, 0.2) is 54.6 Å². The second-order valence-electron chi connectivity index (χ2n) is 8.07. The summed E-state index contributed by atoms with van der Waals surface area (Å²) < 4.78 is 27.3. The van der Waals surface area contributed by atoms with Gasteiger partial charge in [0, 0.05) is 25.7 Å². The largest absolute Gasteiger partial charge is 0.325 e. The van der Waals surface area contributed by atoms with E-state index >= 15 is 0 Å². The van der Waals surface area contributed by atoms with Crippen LogP contribution in [-0.4, -0.2) is 61.7 Å². The molecular weight excluding hydrogens is 398 g/mol. The predicted octanol–water partition coefficient (Wildman–Crippen LogP) is 3.10. The summed E-state index contributed by atoms with van der Waals surface area (Å²) in [4.78, 5) is 16.7. The van der Waals surface area contributed by atoms with Crippen molar-refractivity contribution in [2.45, 2.75) is 38.3 Å². The van der Waals surface area contributed by atoms with Gasteiger partial charge < -0.3 is 9.80 Å². The van der Waals surface area contributed by atoms with Crippen LogP contribution in [0.2, 0.25) is 0 Å².